The standard InChI is InChI=1S/C58H42N2/c1-57(2)51-27-15-12-24-45(51)48-33-31-44(38-54(48)57)59(41-20-8-4-9-21-41)43-32-35-56-50(37-43)49-36-40(30-34-55(49)60(56)42-22-10-5-11-23-42)58(39-18-6-3-7-19-39)52-28-16-13-25-46(52)47-26-14-17-29-53(47)58/h3-38H,1-2H3. The van der Waals surface area contributed by atoms with Crippen LogP contribution < -0.4 is 4.90 Å². The van der Waals surface area contributed by atoms with Gasteiger partial charge in [-0.1, -0.05) is 166 Å². The summed E-state index contributed by atoms with van der Waals surface area (Å²) < 4.78 is 2.44. The van der Waals surface area contributed by atoms with Crippen LogP contribution in [0.25, 0.3) is 49.7 Å². The Hall–Kier alpha value is -7.42. The van der Waals surface area contributed by atoms with Crippen LogP contribution in [0.3, 0.4) is 0 Å². The maximum atomic E-state index is 2.49. The summed E-state index contributed by atoms with van der Waals surface area (Å²) in [5.41, 5.74) is 19.5. The Kier molecular flexibility index (Phi) is 7.52. The Balaban J connectivity index is 1.13. The van der Waals surface area contributed by atoms with Crippen LogP contribution in [-0.4, -0.2) is 4.57 Å². The minimum atomic E-state index is -0.494. The first kappa shape index (κ1) is 34.6. The largest absolute Gasteiger partial charge is 0.310 e. The molecule has 12 rings (SSSR count). The second-order valence-corrected chi connectivity index (χ2v) is 16.9. The normalized spacial score (nSPS) is 14.1. The first-order valence-electron chi connectivity index (χ1n) is 21.0. The molecule has 60 heavy (non-hydrogen) atoms. The molecule has 0 bridgehead atoms. The highest BCUT2D eigenvalue weighted by atomic mass is 15.1. The van der Waals surface area contributed by atoms with Gasteiger partial charge in [-0.3, -0.25) is 0 Å². The summed E-state index contributed by atoms with van der Waals surface area (Å²) in [4.78, 5) is 2.43. The van der Waals surface area contributed by atoms with Gasteiger partial charge in [-0.2, -0.15) is 0 Å². The number of nitrogens with zero attached hydrogens (tertiary/aromatic N) is 2. The molecule has 0 unspecified atom stereocenters. The van der Waals surface area contributed by atoms with Crippen molar-refractivity contribution >= 4 is 38.9 Å². The van der Waals surface area contributed by atoms with Gasteiger partial charge in [0.15, 0.2) is 0 Å². The minimum Gasteiger partial charge on any atom is -0.310 e. The van der Waals surface area contributed by atoms with Crippen molar-refractivity contribution < 1.29 is 0 Å². The topological polar surface area (TPSA) is 8.17 Å². The zero-order valence-corrected chi connectivity index (χ0v) is 33.7. The molecule has 0 amide bonds. The summed E-state index contributed by atoms with van der Waals surface area (Å²) >= 11 is 0. The average molecular weight is 767 g/mol. The van der Waals surface area contributed by atoms with E-state index >= 15 is 0 Å². The van der Waals surface area contributed by atoms with Crippen molar-refractivity contribution in [2.75, 3.05) is 4.90 Å². The molecular weight excluding hydrogens is 725 g/mol. The van der Waals surface area contributed by atoms with Crippen molar-refractivity contribution in [3.8, 4) is 27.9 Å². The van der Waals surface area contributed by atoms with Crippen LogP contribution in [0, 0.1) is 0 Å². The maximum Gasteiger partial charge on any atom is 0.0713 e. The lowest BCUT2D eigenvalue weighted by Crippen LogP contribution is -2.28. The molecule has 0 atom stereocenters. The second-order valence-electron chi connectivity index (χ2n) is 16.9. The lowest BCUT2D eigenvalue weighted by atomic mass is 9.67. The number of benzene rings is 9. The van der Waals surface area contributed by atoms with Crippen molar-refractivity contribution in [3.63, 3.8) is 0 Å². The summed E-state index contributed by atoms with van der Waals surface area (Å²) in [6.07, 6.45) is 0. The van der Waals surface area contributed by atoms with Gasteiger partial charge in [0.1, 0.15) is 0 Å². The molecule has 2 heteroatoms. The number of rotatable bonds is 6. The van der Waals surface area contributed by atoms with E-state index in [4.69, 9.17) is 0 Å². The van der Waals surface area contributed by atoms with Crippen LogP contribution in [0.1, 0.15) is 47.2 Å². The van der Waals surface area contributed by atoms with E-state index in [0.717, 1.165) is 22.7 Å². The fraction of sp³-hybridized carbons (Fsp3) is 0.0690. The molecule has 1 heterocycles. The molecule has 0 N–H and O–H groups in total. The lowest BCUT2D eigenvalue weighted by Gasteiger charge is -2.34. The molecule has 9 aromatic carbocycles. The highest BCUT2D eigenvalue weighted by Gasteiger charge is 2.46. The zero-order valence-electron chi connectivity index (χ0n) is 33.7. The highest BCUT2D eigenvalue weighted by Crippen LogP contribution is 2.57. The summed E-state index contributed by atoms with van der Waals surface area (Å²) in [5.74, 6) is 0. The van der Waals surface area contributed by atoms with Gasteiger partial charge in [0.2, 0.25) is 0 Å². The van der Waals surface area contributed by atoms with Crippen LogP contribution in [0.2, 0.25) is 0 Å². The van der Waals surface area contributed by atoms with Crippen molar-refractivity contribution in [1.29, 1.82) is 0 Å². The summed E-state index contributed by atoms with van der Waals surface area (Å²) in [6.45, 7) is 4.72. The van der Waals surface area contributed by atoms with E-state index in [2.05, 4.69) is 242 Å². The van der Waals surface area contributed by atoms with E-state index < -0.39 is 5.41 Å². The molecule has 0 radical (unpaired) electrons. The average Bonchev–Trinajstić information content (AvgIpc) is 3.88. The summed E-state index contributed by atoms with van der Waals surface area (Å²) in [6, 6.07) is 81.0. The molecule has 2 aliphatic rings. The third kappa shape index (κ3) is 4.82. The van der Waals surface area contributed by atoms with Crippen LogP contribution in [0.15, 0.2) is 218 Å². The van der Waals surface area contributed by atoms with Crippen LogP contribution in [0.4, 0.5) is 17.1 Å². The van der Waals surface area contributed by atoms with E-state index in [1.807, 2.05) is 0 Å². The number of aromatic nitrogens is 1. The molecule has 1 aromatic heterocycles. The Morgan fingerprint density at radius 1 is 0.350 bits per heavy atom. The van der Waals surface area contributed by atoms with Gasteiger partial charge >= 0.3 is 0 Å². The van der Waals surface area contributed by atoms with Crippen molar-refractivity contribution in [3.05, 3.63) is 252 Å². The third-order valence-corrected chi connectivity index (χ3v) is 13.5. The lowest BCUT2D eigenvalue weighted by molar-refractivity contribution is 0.660. The van der Waals surface area contributed by atoms with Gasteiger partial charge in [0.05, 0.1) is 16.4 Å². The van der Waals surface area contributed by atoms with Crippen molar-refractivity contribution in [2.45, 2.75) is 24.7 Å². The molecule has 10 aromatic rings. The Morgan fingerprint density at radius 3 is 1.50 bits per heavy atom. The Morgan fingerprint density at radius 2 is 0.833 bits per heavy atom. The first-order valence-corrected chi connectivity index (χ1v) is 21.0. The van der Waals surface area contributed by atoms with E-state index in [-0.39, 0.29) is 5.41 Å². The van der Waals surface area contributed by atoms with Gasteiger partial charge in [-0.25, -0.2) is 0 Å². The van der Waals surface area contributed by atoms with Crippen molar-refractivity contribution in [2.24, 2.45) is 0 Å². The van der Waals surface area contributed by atoms with Gasteiger partial charge < -0.3 is 9.47 Å². The molecule has 0 spiro atoms. The molecule has 0 aliphatic heterocycles. The van der Waals surface area contributed by atoms with E-state index in [9.17, 15) is 0 Å². The van der Waals surface area contributed by atoms with E-state index in [1.165, 1.54) is 77.4 Å². The predicted molar refractivity (Wildman–Crippen MR) is 250 cm³/mol. The van der Waals surface area contributed by atoms with Gasteiger partial charge in [0.25, 0.3) is 0 Å². The van der Waals surface area contributed by atoms with Gasteiger partial charge in [-0.15, -0.1) is 0 Å². The Labute approximate surface area is 351 Å². The maximum absolute atomic E-state index is 2.49. The minimum absolute atomic E-state index is 0.111. The number of anilines is 3. The molecule has 2 aliphatic carbocycles. The fourth-order valence-corrected chi connectivity index (χ4v) is 10.8. The summed E-state index contributed by atoms with van der Waals surface area (Å²) in [5, 5.41) is 2.44. The summed E-state index contributed by atoms with van der Waals surface area (Å²) in [7, 11) is 0. The highest BCUT2D eigenvalue weighted by molar-refractivity contribution is 6.11. The monoisotopic (exact) mass is 766 g/mol. The number of hydrogen-bond donors (Lipinski definition) is 0. The van der Waals surface area contributed by atoms with E-state index in [0.29, 0.717) is 0 Å². The van der Waals surface area contributed by atoms with Crippen LogP contribution in [-0.2, 0) is 10.8 Å². The van der Waals surface area contributed by atoms with Crippen molar-refractivity contribution in [1.82, 2.24) is 4.57 Å². The molecular formula is C58H42N2. The number of fused-ring (bicyclic) bond motifs is 9. The smallest absolute Gasteiger partial charge is 0.0713 e. The molecule has 284 valence electrons. The zero-order chi connectivity index (χ0) is 40.0. The third-order valence-electron chi connectivity index (χ3n) is 13.5. The quantitative estimate of drug-likeness (QED) is 0.164. The number of para-hydroxylation sites is 2. The molecule has 0 saturated carbocycles. The van der Waals surface area contributed by atoms with Gasteiger partial charge in [0, 0.05) is 38.9 Å². The van der Waals surface area contributed by atoms with Gasteiger partial charge in [-0.05, 0) is 122 Å². The molecule has 0 fully saturated rings. The number of hydrogen-bond acceptors (Lipinski definition) is 1. The first-order chi connectivity index (χ1) is 29.5. The SMILES string of the molecule is CC1(C)c2ccccc2-c2ccc(N(c3ccccc3)c3ccc4c(c3)c3cc(C5(c6ccccc6)c6ccccc6-c6ccccc65)ccc3n4-c3ccccc3)cc21. The van der Waals surface area contributed by atoms with Crippen LogP contribution >= 0.6 is 0 Å². The van der Waals surface area contributed by atoms with Crippen LogP contribution in [0.5, 0.6) is 0 Å². The van der Waals surface area contributed by atoms with E-state index in [1.54, 1.807) is 0 Å². The molecule has 0 saturated heterocycles. The predicted octanol–water partition coefficient (Wildman–Crippen LogP) is 14.9. The Bertz CT molecular complexity index is 3240. The molecule has 2 nitrogen and oxygen atoms in total. The fourth-order valence-electron chi connectivity index (χ4n) is 10.8. The second kappa shape index (κ2) is 13.0.